The van der Waals surface area contributed by atoms with E-state index in [-0.39, 0.29) is 5.57 Å². The lowest BCUT2D eigenvalue weighted by atomic mass is 9.97. The van der Waals surface area contributed by atoms with Gasteiger partial charge in [-0.25, -0.2) is 9.59 Å². The van der Waals surface area contributed by atoms with Crippen LogP contribution in [-0.2, 0) is 9.59 Å². The fourth-order valence-electron chi connectivity index (χ4n) is 10.4. The van der Waals surface area contributed by atoms with Gasteiger partial charge in [-0.1, -0.05) is 255 Å². The molecule has 0 spiro atoms. The van der Waals surface area contributed by atoms with Crippen molar-refractivity contribution < 1.29 is 38.1 Å². The summed E-state index contributed by atoms with van der Waals surface area (Å²) in [5.41, 5.74) is 4.90. The highest BCUT2D eigenvalue weighted by Crippen LogP contribution is 2.40. The maximum absolute atomic E-state index is 14.2. The van der Waals surface area contributed by atoms with Crippen LogP contribution in [-0.4, -0.2) is 43.6 Å². The van der Waals surface area contributed by atoms with Crippen molar-refractivity contribution in [3.8, 4) is 45.3 Å². The standard InChI is InChI=1S/C70H94N2O8/c1-4-7-10-13-16-19-22-25-28-31-46-77-64-52-61(53-65(78-47-32-29-26-23-20-17-14-11-8-5-2)66(64)79-48-33-30-27-24-21-18-15-12-9-6-3)69(75)80-62-44-42-56(43-45-62)58-39-41-59-50-57(38-40-60(59)51-58)55-36-34-54(35-37-55)49-63-67(73)71-70(76)72-68(63)74/h34-45,49-53H,4-33,46-48H2,1-3H3,(H2,71,72,73,74,76). The van der Waals surface area contributed by atoms with Crippen LogP contribution in [0.3, 0.4) is 0 Å². The summed E-state index contributed by atoms with van der Waals surface area (Å²) in [5, 5.41) is 6.34. The highest BCUT2D eigenvalue weighted by atomic mass is 16.5. The molecule has 10 heteroatoms. The van der Waals surface area contributed by atoms with Gasteiger partial charge in [-0.3, -0.25) is 20.2 Å². The summed E-state index contributed by atoms with van der Waals surface area (Å²) in [6.07, 6.45) is 38.7. The van der Waals surface area contributed by atoms with Crippen molar-refractivity contribution >= 4 is 40.7 Å². The molecule has 2 N–H and O–H groups in total. The molecular weight excluding hydrogens is 997 g/mol. The van der Waals surface area contributed by atoms with Crippen LogP contribution in [0.2, 0.25) is 0 Å². The summed E-state index contributed by atoms with van der Waals surface area (Å²) >= 11 is 0. The van der Waals surface area contributed by atoms with Gasteiger partial charge in [0.15, 0.2) is 11.5 Å². The molecule has 5 aromatic carbocycles. The second-order valence-corrected chi connectivity index (χ2v) is 22.0. The smallest absolute Gasteiger partial charge is 0.343 e. The molecule has 1 fully saturated rings. The molecule has 0 atom stereocenters. The highest BCUT2D eigenvalue weighted by molar-refractivity contribution is 6.31. The zero-order valence-electron chi connectivity index (χ0n) is 48.9. The third kappa shape index (κ3) is 22.3. The van der Waals surface area contributed by atoms with Crippen molar-refractivity contribution in [2.75, 3.05) is 19.8 Å². The van der Waals surface area contributed by atoms with E-state index in [1.165, 1.54) is 160 Å². The first kappa shape index (κ1) is 62.8. The van der Waals surface area contributed by atoms with Crippen molar-refractivity contribution in [2.45, 2.75) is 213 Å². The summed E-state index contributed by atoms with van der Waals surface area (Å²) in [7, 11) is 0. The van der Waals surface area contributed by atoms with E-state index in [4.69, 9.17) is 18.9 Å². The van der Waals surface area contributed by atoms with E-state index < -0.39 is 23.8 Å². The zero-order valence-corrected chi connectivity index (χ0v) is 48.9. The van der Waals surface area contributed by atoms with Crippen molar-refractivity contribution in [3.63, 3.8) is 0 Å². The van der Waals surface area contributed by atoms with Gasteiger partial charge in [-0.15, -0.1) is 0 Å². The van der Waals surface area contributed by atoms with Crippen LogP contribution in [0.1, 0.15) is 229 Å². The number of unbranched alkanes of at least 4 members (excludes halogenated alkanes) is 27. The summed E-state index contributed by atoms with van der Waals surface area (Å²) in [6.45, 7) is 8.42. The fraction of sp³-hybridized carbons (Fsp3) is 0.514. The Kier molecular flexibility index (Phi) is 28.8. The van der Waals surface area contributed by atoms with E-state index in [1.54, 1.807) is 12.1 Å². The molecule has 10 nitrogen and oxygen atoms in total. The van der Waals surface area contributed by atoms with Gasteiger partial charge in [0.1, 0.15) is 11.3 Å². The molecule has 1 aliphatic rings. The third-order valence-corrected chi connectivity index (χ3v) is 15.2. The molecule has 0 radical (unpaired) electrons. The van der Waals surface area contributed by atoms with Crippen LogP contribution in [0.4, 0.5) is 4.79 Å². The van der Waals surface area contributed by atoms with Gasteiger partial charge in [0.2, 0.25) is 5.75 Å². The van der Waals surface area contributed by atoms with E-state index in [2.05, 4.69) is 67.8 Å². The van der Waals surface area contributed by atoms with Gasteiger partial charge in [0.05, 0.1) is 25.4 Å². The Bertz CT molecular complexity index is 2600. The third-order valence-electron chi connectivity index (χ3n) is 15.2. The molecule has 1 aliphatic heterocycles. The quantitative estimate of drug-likeness (QED) is 0.0130. The molecular formula is C70H94N2O8. The number of imide groups is 2. The molecule has 5 aromatic rings. The van der Waals surface area contributed by atoms with Crippen molar-refractivity contribution in [2.24, 2.45) is 0 Å². The molecule has 1 saturated heterocycles. The highest BCUT2D eigenvalue weighted by Gasteiger charge is 2.28. The first-order chi connectivity index (χ1) is 39.3. The molecule has 4 amide bonds. The molecule has 0 bridgehead atoms. The lowest BCUT2D eigenvalue weighted by Gasteiger charge is -2.19. The monoisotopic (exact) mass is 1090 g/mol. The van der Waals surface area contributed by atoms with Crippen molar-refractivity contribution in [3.05, 3.63) is 114 Å². The number of carbonyl (C=O) groups is 4. The van der Waals surface area contributed by atoms with Crippen LogP contribution in [0.5, 0.6) is 23.0 Å². The molecule has 0 unspecified atom stereocenters. The fourth-order valence-corrected chi connectivity index (χ4v) is 10.4. The van der Waals surface area contributed by atoms with Crippen molar-refractivity contribution in [1.82, 2.24) is 10.6 Å². The maximum Gasteiger partial charge on any atom is 0.343 e. The summed E-state index contributed by atoms with van der Waals surface area (Å²) < 4.78 is 25.8. The molecule has 0 aliphatic carbocycles. The SMILES string of the molecule is CCCCCCCCCCCCOc1cc(C(=O)Oc2ccc(-c3ccc4cc(-c5ccc(C=C6C(=O)NC(=O)NC6=O)cc5)ccc4c3)cc2)cc(OCCCCCCCCCCCC)c1OCCCCCCCCCCCC. The van der Waals surface area contributed by atoms with Crippen LogP contribution < -0.4 is 29.6 Å². The minimum atomic E-state index is -0.825. The van der Waals surface area contributed by atoms with Crippen molar-refractivity contribution in [1.29, 1.82) is 0 Å². The minimum absolute atomic E-state index is 0.126. The summed E-state index contributed by atoms with van der Waals surface area (Å²) in [6, 6.07) is 30.5. The second kappa shape index (κ2) is 36.8. The van der Waals surface area contributed by atoms with Gasteiger partial charge in [0.25, 0.3) is 11.8 Å². The van der Waals surface area contributed by atoms with E-state index >= 15 is 0 Å². The molecule has 0 saturated carbocycles. The number of urea groups is 1. The zero-order chi connectivity index (χ0) is 56.4. The molecule has 6 rings (SSSR count). The topological polar surface area (TPSA) is 129 Å². The minimum Gasteiger partial charge on any atom is -0.490 e. The first-order valence-corrected chi connectivity index (χ1v) is 31.2. The van der Waals surface area contributed by atoms with Crippen LogP contribution >= 0.6 is 0 Å². The van der Waals surface area contributed by atoms with E-state index in [0.717, 1.165) is 71.6 Å². The predicted octanol–water partition coefficient (Wildman–Crippen LogP) is 19.0. The maximum atomic E-state index is 14.2. The van der Waals surface area contributed by atoms with Crippen LogP contribution in [0, 0.1) is 0 Å². The Hall–Kier alpha value is -6.42. The molecule has 80 heavy (non-hydrogen) atoms. The number of carbonyl (C=O) groups excluding carboxylic acids is 4. The average Bonchev–Trinajstić information content (AvgIpc) is 3.49. The Morgan fingerprint density at radius 1 is 0.400 bits per heavy atom. The Morgan fingerprint density at radius 3 is 1.15 bits per heavy atom. The van der Waals surface area contributed by atoms with E-state index in [0.29, 0.717) is 53.9 Å². The van der Waals surface area contributed by atoms with Gasteiger partial charge in [0, 0.05) is 0 Å². The van der Waals surface area contributed by atoms with Gasteiger partial charge >= 0.3 is 12.0 Å². The number of ether oxygens (including phenoxy) is 4. The number of benzene rings is 5. The number of hydrogen-bond acceptors (Lipinski definition) is 8. The lowest BCUT2D eigenvalue weighted by molar-refractivity contribution is -0.123. The number of rotatable bonds is 41. The molecule has 1 heterocycles. The average molecular weight is 1090 g/mol. The molecule has 432 valence electrons. The Labute approximate surface area is 479 Å². The predicted molar refractivity (Wildman–Crippen MR) is 328 cm³/mol. The summed E-state index contributed by atoms with van der Waals surface area (Å²) in [5.74, 6) is 0.159. The Morgan fingerprint density at radius 2 is 0.750 bits per heavy atom. The van der Waals surface area contributed by atoms with Gasteiger partial charge in [-0.2, -0.15) is 0 Å². The number of hydrogen-bond donors (Lipinski definition) is 2. The van der Waals surface area contributed by atoms with Gasteiger partial charge in [-0.05, 0) is 100 Å². The number of fused-ring (bicyclic) bond motifs is 1. The van der Waals surface area contributed by atoms with Gasteiger partial charge < -0.3 is 18.9 Å². The molecule has 0 aromatic heterocycles. The summed E-state index contributed by atoms with van der Waals surface area (Å²) in [4.78, 5) is 50.0. The number of amides is 4. The number of nitrogens with one attached hydrogen (secondary N) is 2. The second-order valence-electron chi connectivity index (χ2n) is 22.0. The normalized spacial score (nSPS) is 12.4. The van der Waals surface area contributed by atoms with E-state index in [9.17, 15) is 19.2 Å². The first-order valence-electron chi connectivity index (χ1n) is 31.2. The number of esters is 1. The Balaban J connectivity index is 1.11. The lowest BCUT2D eigenvalue weighted by Crippen LogP contribution is -2.51. The van der Waals surface area contributed by atoms with E-state index in [1.807, 2.05) is 48.5 Å². The number of barbiturate groups is 1. The van der Waals surface area contributed by atoms with Crippen LogP contribution in [0.25, 0.3) is 39.1 Å². The largest absolute Gasteiger partial charge is 0.490 e. The van der Waals surface area contributed by atoms with Crippen LogP contribution in [0.15, 0.2) is 103 Å².